The standard InChI is InChI=1S/C11H15BrN2O/c1-7(13)11(15)14-8(2)9-4-3-5-10(12)6-9/h3-8H,13H2,1-2H3,(H,14,15)/t7-,8-/m1/s1. The van der Waals surface area contributed by atoms with E-state index >= 15 is 0 Å². The summed E-state index contributed by atoms with van der Waals surface area (Å²) in [4.78, 5) is 11.4. The van der Waals surface area contributed by atoms with Crippen LogP contribution in [0.4, 0.5) is 0 Å². The number of rotatable bonds is 3. The molecule has 0 unspecified atom stereocenters. The molecule has 0 saturated carbocycles. The van der Waals surface area contributed by atoms with Crippen LogP contribution in [0.5, 0.6) is 0 Å². The highest BCUT2D eigenvalue weighted by molar-refractivity contribution is 9.10. The van der Waals surface area contributed by atoms with Crippen LogP contribution < -0.4 is 11.1 Å². The normalized spacial score (nSPS) is 14.4. The van der Waals surface area contributed by atoms with E-state index in [1.165, 1.54) is 0 Å². The molecule has 0 aliphatic rings. The monoisotopic (exact) mass is 270 g/mol. The molecular formula is C11H15BrN2O. The number of halogens is 1. The van der Waals surface area contributed by atoms with Crippen LogP contribution in [0.3, 0.4) is 0 Å². The average Bonchev–Trinajstić information content (AvgIpc) is 2.17. The lowest BCUT2D eigenvalue weighted by molar-refractivity contribution is -0.122. The Morgan fingerprint density at radius 1 is 1.47 bits per heavy atom. The molecule has 0 bridgehead atoms. The molecule has 3 N–H and O–H groups in total. The van der Waals surface area contributed by atoms with E-state index in [0.717, 1.165) is 10.0 Å². The minimum absolute atomic E-state index is 0.0269. The Hall–Kier alpha value is -0.870. The number of carbonyl (C=O) groups is 1. The minimum atomic E-state index is -0.473. The molecule has 3 nitrogen and oxygen atoms in total. The molecule has 2 atom stereocenters. The highest BCUT2D eigenvalue weighted by atomic mass is 79.9. The molecule has 0 heterocycles. The van der Waals surface area contributed by atoms with Crippen LogP contribution in [0.15, 0.2) is 28.7 Å². The fraction of sp³-hybridized carbons (Fsp3) is 0.364. The van der Waals surface area contributed by atoms with Crippen LogP contribution in [0.1, 0.15) is 25.5 Å². The first kappa shape index (κ1) is 12.2. The van der Waals surface area contributed by atoms with Crippen molar-refractivity contribution in [3.63, 3.8) is 0 Å². The topological polar surface area (TPSA) is 55.1 Å². The lowest BCUT2D eigenvalue weighted by atomic mass is 10.1. The van der Waals surface area contributed by atoms with Gasteiger partial charge in [0.25, 0.3) is 0 Å². The van der Waals surface area contributed by atoms with Crippen molar-refractivity contribution in [2.24, 2.45) is 5.73 Å². The molecule has 1 aromatic rings. The van der Waals surface area contributed by atoms with Gasteiger partial charge in [0.15, 0.2) is 0 Å². The van der Waals surface area contributed by atoms with E-state index < -0.39 is 6.04 Å². The molecule has 0 aliphatic heterocycles. The molecule has 82 valence electrons. The Morgan fingerprint density at radius 2 is 2.13 bits per heavy atom. The van der Waals surface area contributed by atoms with Gasteiger partial charge in [-0.25, -0.2) is 0 Å². The van der Waals surface area contributed by atoms with Crippen molar-refractivity contribution in [3.05, 3.63) is 34.3 Å². The summed E-state index contributed by atoms with van der Waals surface area (Å²) in [6.45, 7) is 3.60. The first-order valence-electron chi connectivity index (χ1n) is 4.82. The maximum absolute atomic E-state index is 11.4. The quantitative estimate of drug-likeness (QED) is 0.883. The molecule has 0 aromatic heterocycles. The summed E-state index contributed by atoms with van der Waals surface area (Å²) in [5.74, 6) is -0.137. The smallest absolute Gasteiger partial charge is 0.237 e. The van der Waals surface area contributed by atoms with E-state index in [0.29, 0.717) is 0 Å². The van der Waals surface area contributed by atoms with Crippen LogP contribution in [-0.4, -0.2) is 11.9 Å². The third-order valence-corrected chi connectivity index (χ3v) is 2.61. The number of nitrogens with two attached hydrogens (primary N) is 1. The van der Waals surface area contributed by atoms with Gasteiger partial charge in [-0.05, 0) is 31.5 Å². The molecule has 0 radical (unpaired) electrons. The Balaban J connectivity index is 2.69. The molecule has 0 fully saturated rings. The summed E-state index contributed by atoms with van der Waals surface area (Å²) in [6, 6.07) is 7.33. The number of nitrogens with one attached hydrogen (secondary N) is 1. The lowest BCUT2D eigenvalue weighted by Gasteiger charge is -2.16. The number of carbonyl (C=O) groups excluding carboxylic acids is 1. The minimum Gasteiger partial charge on any atom is -0.348 e. The predicted octanol–water partition coefficient (Wildman–Crippen LogP) is 1.97. The highest BCUT2D eigenvalue weighted by Crippen LogP contribution is 2.17. The summed E-state index contributed by atoms with van der Waals surface area (Å²) in [5, 5.41) is 2.84. The number of benzene rings is 1. The fourth-order valence-corrected chi connectivity index (χ4v) is 1.62. The van der Waals surface area contributed by atoms with Crippen molar-refractivity contribution in [2.45, 2.75) is 25.9 Å². The maximum atomic E-state index is 11.4. The van der Waals surface area contributed by atoms with Crippen molar-refractivity contribution in [2.75, 3.05) is 0 Å². The van der Waals surface area contributed by atoms with Crippen molar-refractivity contribution in [1.82, 2.24) is 5.32 Å². The van der Waals surface area contributed by atoms with Gasteiger partial charge in [-0.2, -0.15) is 0 Å². The van der Waals surface area contributed by atoms with E-state index in [1.54, 1.807) is 6.92 Å². The summed E-state index contributed by atoms with van der Waals surface area (Å²) in [7, 11) is 0. The van der Waals surface area contributed by atoms with Gasteiger partial charge in [-0.15, -0.1) is 0 Å². The molecular weight excluding hydrogens is 256 g/mol. The largest absolute Gasteiger partial charge is 0.348 e. The van der Waals surface area contributed by atoms with Crippen molar-refractivity contribution in [1.29, 1.82) is 0 Å². The average molecular weight is 271 g/mol. The van der Waals surface area contributed by atoms with E-state index in [1.807, 2.05) is 31.2 Å². The second kappa shape index (κ2) is 5.28. The summed E-state index contributed by atoms with van der Waals surface area (Å²) >= 11 is 3.39. The van der Waals surface area contributed by atoms with Crippen molar-refractivity contribution in [3.8, 4) is 0 Å². The molecule has 0 saturated heterocycles. The molecule has 1 aromatic carbocycles. The van der Waals surface area contributed by atoms with Crippen LogP contribution in [0.25, 0.3) is 0 Å². The van der Waals surface area contributed by atoms with Gasteiger partial charge < -0.3 is 11.1 Å². The number of amides is 1. The Kier molecular flexibility index (Phi) is 4.29. The van der Waals surface area contributed by atoms with Gasteiger partial charge in [-0.1, -0.05) is 28.1 Å². The molecule has 4 heteroatoms. The van der Waals surface area contributed by atoms with Crippen LogP contribution in [-0.2, 0) is 4.79 Å². The van der Waals surface area contributed by atoms with Crippen LogP contribution >= 0.6 is 15.9 Å². The summed E-state index contributed by atoms with van der Waals surface area (Å²) in [6.07, 6.45) is 0. The van der Waals surface area contributed by atoms with Crippen LogP contribution in [0, 0.1) is 0 Å². The molecule has 0 spiro atoms. The van der Waals surface area contributed by atoms with Gasteiger partial charge in [0.2, 0.25) is 5.91 Å². The van der Waals surface area contributed by atoms with Crippen molar-refractivity contribution < 1.29 is 4.79 Å². The molecule has 1 rings (SSSR count). The lowest BCUT2D eigenvalue weighted by Crippen LogP contribution is -2.39. The first-order valence-corrected chi connectivity index (χ1v) is 5.61. The summed E-state index contributed by atoms with van der Waals surface area (Å²) < 4.78 is 1.00. The Morgan fingerprint density at radius 3 is 2.67 bits per heavy atom. The number of hydrogen-bond donors (Lipinski definition) is 2. The zero-order valence-corrected chi connectivity index (χ0v) is 10.4. The third-order valence-electron chi connectivity index (χ3n) is 2.12. The van der Waals surface area contributed by atoms with Crippen molar-refractivity contribution >= 4 is 21.8 Å². The molecule has 1 amide bonds. The first-order chi connectivity index (χ1) is 7.00. The predicted molar refractivity (Wildman–Crippen MR) is 64.3 cm³/mol. The second-order valence-corrected chi connectivity index (χ2v) is 4.49. The van der Waals surface area contributed by atoms with E-state index in [4.69, 9.17) is 5.73 Å². The van der Waals surface area contributed by atoms with Gasteiger partial charge in [0, 0.05) is 4.47 Å². The van der Waals surface area contributed by atoms with Gasteiger partial charge in [0.1, 0.15) is 0 Å². The van der Waals surface area contributed by atoms with Gasteiger partial charge >= 0.3 is 0 Å². The SMILES string of the molecule is C[C@@H](N)C(=O)N[C@H](C)c1cccc(Br)c1. The summed E-state index contributed by atoms with van der Waals surface area (Å²) in [5.41, 5.74) is 6.52. The maximum Gasteiger partial charge on any atom is 0.237 e. The Labute approximate surface area is 98.2 Å². The molecule has 15 heavy (non-hydrogen) atoms. The van der Waals surface area contributed by atoms with Gasteiger partial charge in [0.05, 0.1) is 12.1 Å². The van der Waals surface area contributed by atoms with Gasteiger partial charge in [-0.3, -0.25) is 4.79 Å². The number of hydrogen-bond acceptors (Lipinski definition) is 2. The molecule has 0 aliphatic carbocycles. The Bertz CT molecular complexity index is 352. The fourth-order valence-electron chi connectivity index (χ4n) is 1.20. The third kappa shape index (κ3) is 3.64. The van der Waals surface area contributed by atoms with Crippen LogP contribution in [0.2, 0.25) is 0 Å². The van der Waals surface area contributed by atoms with E-state index in [9.17, 15) is 4.79 Å². The zero-order valence-electron chi connectivity index (χ0n) is 8.83. The second-order valence-electron chi connectivity index (χ2n) is 3.57. The highest BCUT2D eigenvalue weighted by Gasteiger charge is 2.12. The zero-order chi connectivity index (χ0) is 11.4. The van der Waals surface area contributed by atoms with E-state index in [-0.39, 0.29) is 11.9 Å². The van der Waals surface area contributed by atoms with E-state index in [2.05, 4.69) is 21.2 Å².